The number of nitrogens with one attached hydrogen (secondary N) is 1. The molecular weight excluding hydrogens is 533 g/mol. The Bertz CT molecular complexity index is 1500. The van der Waals surface area contributed by atoms with Gasteiger partial charge in [0.15, 0.2) is 0 Å². The summed E-state index contributed by atoms with van der Waals surface area (Å²) in [5.74, 6) is -0.0847. The molecule has 2 aliphatic rings. The fourth-order valence-electron chi connectivity index (χ4n) is 4.99. The average molecular weight is 557 g/mol. The standard InChI is InChI=1S/C27H23F3N4O2S2/c28-27(29,30)19-3-1-2-16(8-19)17-4-5-18-10-24(38-23(18)9-17)26(36)34-12-21(13-34)32-20-6-7-33(11-20)25(35)22-14-37-15-31-22/h1-5,8-10,14-15,20-21,32H,6-7,11-13H2/t20-/m0/s1. The van der Waals surface area contributed by atoms with Crippen LogP contribution in [0, 0.1) is 0 Å². The molecule has 6 rings (SSSR count). The van der Waals surface area contributed by atoms with Crippen molar-refractivity contribution in [2.75, 3.05) is 26.2 Å². The highest BCUT2D eigenvalue weighted by Crippen LogP contribution is 2.35. The number of benzene rings is 2. The summed E-state index contributed by atoms with van der Waals surface area (Å²) in [6.07, 6.45) is -3.53. The van der Waals surface area contributed by atoms with Crippen molar-refractivity contribution < 1.29 is 22.8 Å². The van der Waals surface area contributed by atoms with Crippen LogP contribution >= 0.6 is 22.7 Å². The maximum absolute atomic E-state index is 13.1. The number of amides is 2. The van der Waals surface area contributed by atoms with Crippen molar-refractivity contribution in [1.29, 1.82) is 0 Å². The second-order valence-electron chi connectivity index (χ2n) is 9.63. The first kappa shape index (κ1) is 25.0. The Morgan fingerprint density at radius 1 is 0.947 bits per heavy atom. The van der Waals surface area contributed by atoms with Gasteiger partial charge in [-0.1, -0.05) is 24.3 Å². The van der Waals surface area contributed by atoms with Crippen LogP contribution in [-0.2, 0) is 6.18 Å². The number of hydrogen-bond donors (Lipinski definition) is 1. The average Bonchev–Trinajstić information content (AvgIpc) is 3.65. The molecule has 2 saturated heterocycles. The van der Waals surface area contributed by atoms with E-state index in [2.05, 4.69) is 10.3 Å². The fraction of sp³-hybridized carbons (Fsp3) is 0.296. The maximum Gasteiger partial charge on any atom is 0.416 e. The lowest BCUT2D eigenvalue weighted by Gasteiger charge is -2.40. The Balaban J connectivity index is 1.06. The number of likely N-dealkylation sites (tertiary alicyclic amines) is 2. The normalized spacial score (nSPS) is 18.2. The van der Waals surface area contributed by atoms with Crippen LogP contribution < -0.4 is 5.32 Å². The number of fused-ring (bicyclic) bond motifs is 1. The SMILES string of the molecule is O=C(c1cscn1)N1CC[C@H](NC2CN(C(=O)c3cc4ccc(-c5cccc(C(F)(F)F)c5)cc4s3)C2)C1. The van der Waals surface area contributed by atoms with E-state index < -0.39 is 11.7 Å². The van der Waals surface area contributed by atoms with Gasteiger partial charge in [-0.15, -0.1) is 22.7 Å². The Kier molecular flexibility index (Phi) is 6.45. The van der Waals surface area contributed by atoms with Gasteiger partial charge >= 0.3 is 6.18 Å². The first-order chi connectivity index (χ1) is 18.2. The minimum absolute atomic E-state index is 0.0399. The van der Waals surface area contributed by atoms with Crippen molar-refractivity contribution in [2.45, 2.75) is 24.7 Å². The van der Waals surface area contributed by atoms with E-state index in [9.17, 15) is 22.8 Å². The zero-order valence-corrected chi connectivity index (χ0v) is 21.7. The molecule has 2 fully saturated rings. The van der Waals surface area contributed by atoms with E-state index in [1.807, 2.05) is 23.1 Å². The molecule has 1 N–H and O–H groups in total. The number of nitrogens with zero attached hydrogens (tertiary/aromatic N) is 3. The molecule has 1 atom stereocenters. The van der Waals surface area contributed by atoms with E-state index in [0.29, 0.717) is 47.9 Å². The lowest BCUT2D eigenvalue weighted by molar-refractivity contribution is -0.137. The van der Waals surface area contributed by atoms with E-state index in [1.54, 1.807) is 27.9 Å². The molecule has 2 aromatic heterocycles. The number of carbonyl (C=O) groups excluding carboxylic acids is 2. The van der Waals surface area contributed by atoms with E-state index >= 15 is 0 Å². The third-order valence-corrected chi connectivity index (χ3v) is 8.69. The number of carbonyl (C=O) groups is 2. The van der Waals surface area contributed by atoms with Crippen LogP contribution in [0.1, 0.15) is 32.1 Å². The molecule has 11 heteroatoms. The van der Waals surface area contributed by atoms with Crippen molar-refractivity contribution in [3.8, 4) is 11.1 Å². The lowest BCUT2D eigenvalue weighted by Crippen LogP contribution is -2.61. The number of hydrogen-bond acceptors (Lipinski definition) is 6. The first-order valence-corrected chi connectivity index (χ1v) is 13.9. The molecule has 2 amide bonds. The topological polar surface area (TPSA) is 65.5 Å². The minimum atomic E-state index is -4.40. The van der Waals surface area contributed by atoms with E-state index in [-0.39, 0.29) is 23.9 Å². The number of rotatable bonds is 5. The number of aromatic nitrogens is 1. The Morgan fingerprint density at radius 2 is 1.74 bits per heavy atom. The van der Waals surface area contributed by atoms with Crippen molar-refractivity contribution in [3.63, 3.8) is 0 Å². The van der Waals surface area contributed by atoms with Crippen molar-refractivity contribution >= 4 is 44.6 Å². The first-order valence-electron chi connectivity index (χ1n) is 12.2. The lowest BCUT2D eigenvalue weighted by atomic mass is 10.0. The monoisotopic (exact) mass is 556 g/mol. The van der Waals surface area contributed by atoms with E-state index in [1.165, 1.54) is 28.7 Å². The summed E-state index contributed by atoms with van der Waals surface area (Å²) < 4.78 is 40.2. The van der Waals surface area contributed by atoms with Crippen LogP contribution in [0.3, 0.4) is 0 Å². The smallest absolute Gasteiger partial charge is 0.336 e. The van der Waals surface area contributed by atoms with Gasteiger partial charge in [0.1, 0.15) is 5.69 Å². The second kappa shape index (κ2) is 9.79. The van der Waals surface area contributed by atoms with Gasteiger partial charge in [-0.25, -0.2) is 4.98 Å². The van der Waals surface area contributed by atoms with Gasteiger partial charge in [0.2, 0.25) is 0 Å². The van der Waals surface area contributed by atoms with Crippen molar-refractivity contribution in [3.05, 3.63) is 75.6 Å². The molecular formula is C27H23F3N4O2S2. The Hall–Kier alpha value is -3.28. The number of halogens is 3. The van der Waals surface area contributed by atoms with Crippen LogP contribution in [0.5, 0.6) is 0 Å². The molecule has 4 heterocycles. The second-order valence-corrected chi connectivity index (χ2v) is 11.4. The summed E-state index contributed by atoms with van der Waals surface area (Å²) in [5.41, 5.74) is 2.62. The number of thiazole rings is 1. The third kappa shape index (κ3) is 4.93. The molecule has 6 nitrogen and oxygen atoms in total. The third-order valence-electron chi connectivity index (χ3n) is 7.02. The molecule has 0 bridgehead atoms. The Morgan fingerprint density at radius 3 is 2.50 bits per heavy atom. The molecule has 196 valence electrons. The molecule has 0 unspecified atom stereocenters. The van der Waals surface area contributed by atoms with Gasteiger partial charge in [-0.3, -0.25) is 9.59 Å². The summed E-state index contributed by atoms with van der Waals surface area (Å²) in [6, 6.07) is 13.0. The van der Waals surface area contributed by atoms with E-state index in [0.717, 1.165) is 28.6 Å². The van der Waals surface area contributed by atoms with E-state index in [4.69, 9.17) is 0 Å². The molecule has 38 heavy (non-hydrogen) atoms. The van der Waals surface area contributed by atoms with Crippen LogP contribution in [0.25, 0.3) is 21.2 Å². The number of thiophene rings is 1. The van der Waals surface area contributed by atoms with Crippen molar-refractivity contribution in [2.24, 2.45) is 0 Å². The summed E-state index contributed by atoms with van der Waals surface area (Å²) >= 11 is 2.76. The molecule has 2 aliphatic heterocycles. The van der Waals surface area contributed by atoms with Gasteiger partial charge in [0, 0.05) is 48.3 Å². The van der Waals surface area contributed by atoms with Crippen LogP contribution in [0.15, 0.2) is 59.4 Å². The maximum atomic E-state index is 13.1. The zero-order chi connectivity index (χ0) is 26.4. The summed E-state index contributed by atoms with van der Waals surface area (Å²) in [6.45, 7) is 2.51. The largest absolute Gasteiger partial charge is 0.416 e. The van der Waals surface area contributed by atoms with Crippen LogP contribution in [-0.4, -0.2) is 64.9 Å². The molecule has 4 aromatic rings. The summed E-state index contributed by atoms with van der Waals surface area (Å²) in [5, 5.41) is 6.22. The summed E-state index contributed by atoms with van der Waals surface area (Å²) in [7, 11) is 0. The molecule has 0 spiro atoms. The zero-order valence-electron chi connectivity index (χ0n) is 20.1. The highest BCUT2D eigenvalue weighted by molar-refractivity contribution is 7.20. The predicted molar refractivity (Wildman–Crippen MR) is 142 cm³/mol. The minimum Gasteiger partial charge on any atom is -0.336 e. The summed E-state index contributed by atoms with van der Waals surface area (Å²) in [4.78, 5) is 33.9. The molecule has 0 saturated carbocycles. The molecule has 0 radical (unpaired) electrons. The van der Waals surface area contributed by atoms with Crippen LogP contribution in [0.4, 0.5) is 13.2 Å². The van der Waals surface area contributed by atoms with Gasteiger partial charge in [-0.2, -0.15) is 13.2 Å². The van der Waals surface area contributed by atoms with Gasteiger partial charge < -0.3 is 15.1 Å². The predicted octanol–water partition coefficient (Wildman–Crippen LogP) is 5.37. The highest BCUT2D eigenvalue weighted by Gasteiger charge is 2.36. The molecule has 0 aliphatic carbocycles. The van der Waals surface area contributed by atoms with Crippen molar-refractivity contribution in [1.82, 2.24) is 20.1 Å². The Labute approximate surface area is 224 Å². The van der Waals surface area contributed by atoms with Gasteiger partial charge in [0.25, 0.3) is 11.8 Å². The number of alkyl halides is 3. The quantitative estimate of drug-likeness (QED) is 0.359. The van der Waals surface area contributed by atoms with Gasteiger partial charge in [0.05, 0.1) is 16.0 Å². The van der Waals surface area contributed by atoms with Gasteiger partial charge in [-0.05, 0) is 47.2 Å². The molecule has 2 aromatic carbocycles. The van der Waals surface area contributed by atoms with Crippen LogP contribution in [0.2, 0.25) is 0 Å². The fourth-order valence-corrected chi connectivity index (χ4v) is 6.59. The highest BCUT2D eigenvalue weighted by atomic mass is 32.1.